The van der Waals surface area contributed by atoms with Gasteiger partial charge in [-0.2, -0.15) is 0 Å². The summed E-state index contributed by atoms with van der Waals surface area (Å²) in [7, 11) is 0. The summed E-state index contributed by atoms with van der Waals surface area (Å²) in [6.07, 6.45) is 4.28. The molecule has 1 aromatic heterocycles. The van der Waals surface area contributed by atoms with Crippen molar-refractivity contribution < 1.29 is 9.53 Å². The Hall–Kier alpha value is -1.16. The standard InChI is InChI=1S/C11H15ClN2O2/c1-3-5-9-13-7-8(11(12)14-9)16-10(15)6-4-2/h7H,3-6H2,1-2H3. The number of carbonyl (C=O) groups is 1. The van der Waals surface area contributed by atoms with Gasteiger partial charge in [0.1, 0.15) is 5.82 Å². The first-order valence-electron chi connectivity index (χ1n) is 5.39. The molecule has 4 nitrogen and oxygen atoms in total. The number of hydrogen-bond acceptors (Lipinski definition) is 4. The Labute approximate surface area is 100 Å². The molecule has 0 N–H and O–H groups in total. The van der Waals surface area contributed by atoms with Gasteiger partial charge in [-0.15, -0.1) is 0 Å². The van der Waals surface area contributed by atoms with Gasteiger partial charge in [0.15, 0.2) is 10.9 Å². The first-order valence-corrected chi connectivity index (χ1v) is 5.77. The molecule has 0 aliphatic heterocycles. The van der Waals surface area contributed by atoms with Crippen LogP contribution in [0.3, 0.4) is 0 Å². The number of nitrogens with zero attached hydrogens (tertiary/aromatic N) is 2. The van der Waals surface area contributed by atoms with E-state index in [9.17, 15) is 4.79 Å². The lowest BCUT2D eigenvalue weighted by molar-refractivity contribution is -0.134. The Bertz CT molecular complexity index is 369. The van der Waals surface area contributed by atoms with E-state index in [0.717, 1.165) is 19.3 Å². The van der Waals surface area contributed by atoms with E-state index in [1.165, 1.54) is 6.20 Å². The highest BCUT2D eigenvalue weighted by atomic mass is 35.5. The molecule has 0 fully saturated rings. The SMILES string of the molecule is CCCC(=O)Oc1cnc(CCC)nc1Cl. The molecule has 16 heavy (non-hydrogen) atoms. The van der Waals surface area contributed by atoms with E-state index in [1.54, 1.807) is 0 Å². The highest BCUT2D eigenvalue weighted by Gasteiger charge is 2.10. The molecule has 1 rings (SSSR count). The van der Waals surface area contributed by atoms with E-state index in [0.29, 0.717) is 12.2 Å². The Morgan fingerprint density at radius 2 is 2.19 bits per heavy atom. The summed E-state index contributed by atoms with van der Waals surface area (Å²) in [6, 6.07) is 0. The number of esters is 1. The number of aromatic nitrogens is 2. The molecule has 0 amide bonds. The maximum Gasteiger partial charge on any atom is 0.311 e. The number of carbonyl (C=O) groups excluding carboxylic acids is 1. The van der Waals surface area contributed by atoms with E-state index in [4.69, 9.17) is 16.3 Å². The van der Waals surface area contributed by atoms with Gasteiger partial charge >= 0.3 is 5.97 Å². The molecular formula is C11H15ClN2O2. The number of hydrogen-bond donors (Lipinski definition) is 0. The van der Waals surface area contributed by atoms with Gasteiger partial charge in [-0.05, 0) is 12.8 Å². The molecule has 0 saturated carbocycles. The molecule has 1 heterocycles. The first-order chi connectivity index (χ1) is 7.67. The average Bonchev–Trinajstić information content (AvgIpc) is 2.23. The van der Waals surface area contributed by atoms with Crippen molar-refractivity contribution in [3.05, 3.63) is 17.2 Å². The summed E-state index contributed by atoms with van der Waals surface area (Å²) in [4.78, 5) is 19.4. The van der Waals surface area contributed by atoms with Crippen molar-refractivity contribution in [2.45, 2.75) is 39.5 Å². The van der Waals surface area contributed by atoms with Crippen molar-refractivity contribution in [2.24, 2.45) is 0 Å². The summed E-state index contributed by atoms with van der Waals surface area (Å²) in [5.41, 5.74) is 0. The fourth-order valence-electron chi connectivity index (χ4n) is 1.17. The van der Waals surface area contributed by atoms with Crippen LogP contribution in [0, 0.1) is 0 Å². The quantitative estimate of drug-likeness (QED) is 0.589. The molecule has 0 unspecified atom stereocenters. The molecule has 1 aromatic rings. The highest BCUT2D eigenvalue weighted by molar-refractivity contribution is 6.30. The summed E-state index contributed by atoms with van der Waals surface area (Å²) in [6.45, 7) is 3.94. The van der Waals surface area contributed by atoms with Gasteiger partial charge < -0.3 is 4.74 Å². The van der Waals surface area contributed by atoms with Gasteiger partial charge in [0.05, 0.1) is 6.20 Å². The molecule has 0 aliphatic rings. The highest BCUT2D eigenvalue weighted by Crippen LogP contribution is 2.21. The van der Waals surface area contributed by atoms with Gasteiger partial charge in [-0.3, -0.25) is 4.79 Å². The second kappa shape index (κ2) is 6.43. The van der Waals surface area contributed by atoms with Crippen LogP contribution in [-0.4, -0.2) is 15.9 Å². The predicted molar refractivity (Wildman–Crippen MR) is 61.6 cm³/mol. The zero-order valence-corrected chi connectivity index (χ0v) is 10.3. The van der Waals surface area contributed by atoms with Crippen LogP contribution >= 0.6 is 11.6 Å². The minimum Gasteiger partial charge on any atom is -0.422 e. The lowest BCUT2D eigenvalue weighted by Gasteiger charge is -2.05. The van der Waals surface area contributed by atoms with E-state index in [1.807, 2.05) is 13.8 Å². The van der Waals surface area contributed by atoms with Gasteiger partial charge in [0.25, 0.3) is 0 Å². The van der Waals surface area contributed by atoms with E-state index in [2.05, 4.69) is 9.97 Å². The van der Waals surface area contributed by atoms with Gasteiger partial charge in [0.2, 0.25) is 0 Å². The monoisotopic (exact) mass is 242 g/mol. The largest absolute Gasteiger partial charge is 0.422 e. The third kappa shape index (κ3) is 3.77. The third-order valence-corrected chi connectivity index (χ3v) is 2.18. The molecule has 88 valence electrons. The molecular weight excluding hydrogens is 228 g/mol. The normalized spacial score (nSPS) is 10.2. The van der Waals surface area contributed by atoms with Crippen molar-refractivity contribution in [3.63, 3.8) is 0 Å². The van der Waals surface area contributed by atoms with Crippen LogP contribution in [0.25, 0.3) is 0 Å². The Balaban J connectivity index is 2.71. The average molecular weight is 243 g/mol. The topological polar surface area (TPSA) is 52.1 Å². The zero-order valence-electron chi connectivity index (χ0n) is 9.49. The summed E-state index contributed by atoms with van der Waals surface area (Å²) >= 11 is 5.88. The molecule has 0 bridgehead atoms. The van der Waals surface area contributed by atoms with Crippen LogP contribution in [0.5, 0.6) is 5.75 Å². The minimum absolute atomic E-state index is 0.197. The minimum atomic E-state index is -0.309. The fourth-order valence-corrected chi connectivity index (χ4v) is 1.36. The summed E-state index contributed by atoms with van der Waals surface area (Å²) in [5, 5.41) is 0.197. The van der Waals surface area contributed by atoms with Crippen molar-refractivity contribution in [2.75, 3.05) is 0 Å². The number of rotatable bonds is 5. The Morgan fingerprint density at radius 3 is 2.75 bits per heavy atom. The van der Waals surface area contributed by atoms with Crippen LogP contribution in [0.15, 0.2) is 6.20 Å². The third-order valence-electron chi connectivity index (χ3n) is 1.91. The maximum atomic E-state index is 11.2. The maximum absolute atomic E-state index is 11.2. The number of aryl methyl sites for hydroxylation is 1. The zero-order chi connectivity index (χ0) is 12.0. The van der Waals surface area contributed by atoms with Crippen molar-refractivity contribution in [3.8, 4) is 5.75 Å². The van der Waals surface area contributed by atoms with Crippen molar-refractivity contribution in [1.29, 1.82) is 0 Å². The van der Waals surface area contributed by atoms with Crippen LogP contribution in [0.1, 0.15) is 38.9 Å². The van der Waals surface area contributed by atoms with Gasteiger partial charge in [-0.25, -0.2) is 9.97 Å². The second-order valence-electron chi connectivity index (χ2n) is 3.42. The van der Waals surface area contributed by atoms with E-state index in [-0.39, 0.29) is 16.9 Å². The molecule has 0 aromatic carbocycles. The lowest BCUT2D eigenvalue weighted by Crippen LogP contribution is -2.08. The molecule has 0 radical (unpaired) electrons. The molecule has 0 aliphatic carbocycles. The number of halogens is 1. The van der Waals surface area contributed by atoms with Crippen LogP contribution in [-0.2, 0) is 11.2 Å². The Morgan fingerprint density at radius 1 is 1.44 bits per heavy atom. The van der Waals surface area contributed by atoms with Crippen LogP contribution < -0.4 is 4.74 Å². The van der Waals surface area contributed by atoms with E-state index >= 15 is 0 Å². The van der Waals surface area contributed by atoms with Crippen molar-refractivity contribution in [1.82, 2.24) is 9.97 Å². The van der Waals surface area contributed by atoms with Crippen LogP contribution in [0.4, 0.5) is 0 Å². The summed E-state index contributed by atoms with van der Waals surface area (Å²) in [5.74, 6) is 0.596. The molecule has 0 saturated heterocycles. The molecule has 5 heteroatoms. The summed E-state index contributed by atoms with van der Waals surface area (Å²) < 4.78 is 5.02. The molecule has 0 spiro atoms. The fraction of sp³-hybridized carbons (Fsp3) is 0.545. The predicted octanol–water partition coefficient (Wildman–Crippen LogP) is 2.79. The van der Waals surface area contributed by atoms with Crippen molar-refractivity contribution >= 4 is 17.6 Å². The van der Waals surface area contributed by atoms with E-state index < -0.39 is 0 Å². The number of ether oxygens (including phenoxy) is 1. The van der Waals surface area contributed by atoms with Gasteiger partial charge in [0, 0.05) is 12.8 Å². The smallest absolute Gasteiger partial charge is 0.311 e. The second-order valence-corrected chi connectivity index (χ2v) is 3.77. The Kier molecular flexibility index (Phi) is 5.19. The van der Waals surface area contributed by atoms with Crippen LogP contribution in [0.2, 0.25) is 5.15 Å². The van der Waals surface area contributed by atoms with Gasteiger partial charge in [-0.1, -0.05) is 25.4 Å². The first kappa shape index (κ1) is 12.9. The molecule has 0 atom stereocenters. The lowest BCUT2D eigenvalue weighted by atomic mass is 10.3.